The summed E-state index contributed by atoms with van der Waals surface area (Å²) in [7, 11) is -1.95. The van der Waals surface area contributed by atoms with Crippen LogP contribution >= 0.6 is 11.6 Å². The molecular weight excluding hydrogens is 346 g/mol. The first-order valence-corrected chi connectivity index (χ1v) is 9.63. The number of ether oxygens (including phenoxy) is 1. The lowest BCUT2D eigenvalue weighted by Crippen LogP contribution is -2.28. The molecule has 1 aliphatic rings. The van der Waals surface area contributed by atoms with Gasteiger partial charge in [-0.05, 0) is 29.8 Å². The van der Waals surface area contributed by atoms with Crippen LogP contribution in [0.1, 0.15) is 11.5 Å². The van der Waals surface area contributed by atoms with Crippen molar-refractivity contribution in [2.24, 2.45) is 11.1 Å². The number of hydrogen-bond acceptors (Lipinski definition) is 4. The van der Waals surface area contributed by atoms with Crippen LogP contribution in [0, 0.1) is 5.41 Å². The maximum Gasteiger partial charge on any atom is 0.182 e. The molecule has 0 aromatic heterocycles. The lowest BCUT2D eigenvalue weighted by Gasteiger charge is -2.15. The molecule has 0 saturated heterocycles. The Morgan fingerprint density at radius 1 is 1.17 bits per heavy atom. The summed E-state index contributed by atoms with van der Waals surface area (Å²) in [4.78, 5) is 0.313. The number of sulfone groups is 1. The zero-order valence-electron chi connectivity index (χ0n) is 13.4. The van der Waals surface area contributed by atoms with Crippen molar-refractivity contribution in [1.82, 2.24) is 0 Å². The van der Waals surface area contributed by atoms with Gasteiger partial charge in [0.15, 0.2) is 9.84 Å². The molecule has 0 unspecified atom stereocenters. The summed E-state index contributed by atoms with van der Waals surface area (Å²) in [6.07, 6.45) is 0. The number of rotatable bonds is 6. The molecule has 0 radical (unpaired) electrons. The van der Waals surface area contributed by atoms with E-state index in [-0.39, 0.29) is 19.1 Å². The largest absolute Gasteiger partial charge is 0.384 e. The SMILES string of the molecule is COC[C@@]1(CN)[C@H](c2cccc(Cl)c2)[C@@H]1S(=O)(=O)c1ccccc1. The second kappa shape index (κ2) is 6.48. The Bertz CT molecular complexity index is 825. The third-order valence-corrected chi connectivity index (χ3v) is 7.36. The van der Waals surface area contributed by atoms with Crippen LogP contribution < -0.4 is 5.73 Å². The average Bonchev–Trinajstić information content (AvgIpc) is 3.26. The van der Waals surface area contributed by atoms with E-state index in [2.05, 4.69) is 0 Å². The molecule has 2 N–H and O–H groups in total. The van der Waals surface area contributed by atoms with Crippen molar-refractivity contribution in [3.8, 4) is 0 Å². The summed E-state index contributed by atoms with van der Waals surface area (Å²) in [5, 5.41) is -0.0329. The standard InChI is InChI=1S/C18H20ClNO3S/c1-23-12-18(11-20)16(13-6-5-7-14(19)10-13)17(18)24(21,22)15-8-3-2-4-9-15/h2-10,16-17H,11-12,20H2,1H3/t16-,17+,18+/m1/s1. The summed E-state index contributed by atoms with van der Waals surface area (Å²) >= 11 is 6.10. The number of nitrogens with two attached hydrogens (primary N) is 1. The maximum absolute atomic E-state index is 13.2. The molecule has 128 valence electrons. The highest BCUT2D eigenvalue weighted by molar-refractivity contribution is 7.92. The fraction of sp³-hybridized carbons (Fsp3) is 0.333. The van der Waals surface area contributed by atoms with Gasteiger partial charge < -0.3 is 10.5 Å². The van der Waals surface area contributed by atoms with E-state index in [0.717, 1.165) is 5.56 Å². The van der Waals surface area contributed by atoms with Crippen LogP contribution in [0.2, 0.25) is 5.02 Å². The summed E-state index contributed by atoms with van der Waals surface area (Å²) in [6.45, 7) is 0.520. The van der Waals surface area contributed by atoms with Gasteiger partial charge in [-0.1, -0.05) is 41.9 Å². The van der Waals surface area contributed by atoms with Crippen LogP contribution in [-0.2, 0) is 14.6 Å². The summed E-state index contributed by atoms with van der Waals surface area (Å²) in [6, 6.07) is 15.8. The average molecular weight is 366 g/mol. The number of benzene rings is 2. The molecule has 0 aliphatic heterocycles. The fourth-order valence-electron chi connectivity index (χ4n) is 3.65. The lowest BCUT2D eigenvalue weighted by atomic mass is 10.00. The van der Waals surface area contributed by atoms with Crippen molar-refractivity contribution in [3.63, 3.8) is 0 Å². The summed E-state index contributed by atoms with van der Waals surface area (Å²) in [5.41, 5.74) is 6.26. The third kappa shape index (κ3) is 2.75. The van der Waals surface area contributed by atoms with E-state index in [1.807, 2.05) is 18.2 Å². The van der Waals surface area contributed by atoms with Crippen LogP contribution in [0.3, 0.4) is 0 Å². The van der Waals surface area contributed by atoms with Gasteiger partial charge >= 0.3 is 0 Å². The topological polar surface area (TPSA) is 69.4 Å². The molecule has 0 heterocycles. The zero-order chi connectivity index (χ0) is 17.4. The van der Waals surface area contributed by atoms with Crippen LogP contribution in [0.5, 0.6) is 0 Å². The number of halogens is 1. The molecule has 0 bridgehead atoms. The molecule has 24 heavy (non-hydrogen) atoms. The maximum atomic E-state index is 13.2. The number of hydrogen-bond donors (Lipinski definition) is 1. The molecule has 3 atom stereocenters. The van der Waals surface area contributed by atoms with Crippen molar-refractivity contribution < 1.29 is 13.2 Å². The summed E-state index contributed by atoms with van der Waals surface area (Å²) in [5.74, 6) is -0.230. The van der Waals surface area contributed by atoms with E-state index >= 15 is 0 Å². The zero-order valence-corrected chi connectivity index (χ0v) is 14.9. The predicted octanol–water partition coefficient (Wildman–Crippen LogP) is 2.87. The Labute approximate surface area is 147 Å². The molecule has 1 aliphatic carbocycles. The van der Waals surface area contributed by atoms with Gasteiger partial charge in [0.2, 0.25) is 0 Å². The van der Waals surface area contributed by atoms with E-state index in [0.29, 0.717) is 9.92 Å². The Morgan fingerprint density at radius 2 is 1.88 bits per heavy atom. The molecular formula is C18H20ClNO3S. The van der Waals surface area contributed by atoms with Crippen LogP contribution in [-0.4, -0.2) is 33.9 Å². The molecule has 1 fully saturated rings. The predicted molar refractivity (Wildman–Crippen MR) is 95.0 cm³/mol. The van der Waals surface area contributed by atoms with Gasteiger partial charge in [0.05, 0.1) is 16.8 Å². The van der Waals surface area contributed by atoms with Gasteiger partial charge in [0.1, 0.15) is 0 Å². The molecule has 4 nitrogen and oxygen atoms in total. The highest BCUT2D eigenvalue weighted by Gasteiger charge is 2.70. The molecule has 1 saturated carbocycles. The minimum atomic E-state index is -3.52. The van der Waals surface area contributed by atoms with E-state index in [4.69, 9.17) is 22.1 Å². The van der Waals surface area contributed by atoms with Gasteiger partial charge in [-0.25, -0.2) is 8.42 Å². The van der Waals surface area contributed by atoms with Gasteiger partial charge in [0.25, 0.3) is 0 Å². The van der Waals surface area contributed by atoms with Crippen molar-refractivity contribution in [3.05, 3.63) is 65.2 Å². The third-order valence-electron chi connectivity index (χ3n) is 4.79. The van der Waals surface area contributed by atoms with Gasteiger partial charge in [-0.2, -0.15) is 0 Å². The van der Waals surface area contributed by atoms with Crippen molar-refractivity contribution in [2.45, 2.75) is 16.1 Å². The molecule has 2 aromatic rings. The highest BCUT2D eigenvalue weighted by Crippen LogP contribution is 2.63. The molecule has 0 spiro atoms. The van der Waals surface area contributed by atoms with Crippen LogP contribution in [0.25, 0.3) is 0 Å². The van der Waals surface area contributed by atoms with Crippen LogP contribution in [0.15, 0.2) is 59.5 Å². The number of methoxy groups -OCH3 is 1. The quantitative estimate of drug-likeness (QED) is 0.854. The first-order valence-electron chi connectivity index (χ1n) is 7.71. The van der Waals surface area contributed by atoms with Crippen LogP contribution in [0.4, 0.5) is 0 Å². The molecule has 0 amide bonds. The van der Waals surface area contributed by atoms with E-state index < -0.39 is 20.5 Å². The lowest BCUT2D eigenvalue weighted by molar-refractivity contribution is 0.142. The smallest absolute Gasteiger partial charge is 0.182 e. The minimum absolute atomic E-state index is 0.230. The second-order valence-corrected chi connectivity index (χ2v) is 8.69. The Morgan fingerprint density at radius 3 is 2.46 bits per heavy atom. The van der Waals surface area contributed by atoms with E-state index in [1.165, 1.54) is 0 Å². The monoisotopic (exact) mass is 365 g/mol. The summed E-state index contributed by atoms with van der Waals surface area (Å²) < 4.78 is 31.7. The Hall–Kier alpha value is -1.40. The molecule has 6 heteroatoms. The first-order chi connectivity index (χ1) is 11.5. The van der Waals surface area contributed by atoms with Crippen molar-refractivity contribution >= 4 is 21.4 Å². The van der Waals surface area contributed by atoms with Gasteiger partial charge in [-0.15, -0.1) is 0 Å². The highest BCUT2D eigenvalue weighted by atomic mass is 35.5. The fourth-order valence-corrected chi connectivity index (χ4v) is 6.31. The second-order valence-electron chi connectivity index (χ2n) is 6.18. The Balaban J connectivity index is 2.07. The van der Waals surface area contributed by atoms with E-state index in [1.54, 1.807) is 43.5 Å². The molecule has 2 aromatic carbocycles. The van der Waals surface area contributed by atoms with Crippen molar-refractivity contribution in [1.29, 1.82) is 0 Å². The van der Waals surface area contributed by atoms with Gasteiger partial charge in [0, 0.05) is 30.0 Å². The van der Waals surface area contributed by atoms with Gasteiger partial charge in [-0.3, -0.25) is 0 Å². The van der Waals surface area contributed by atoms with E-state index in [9.17, 15) is 8.42 Å². The molecule has 3 rings (SSSR count). The van der Waals surface area contributed by atoms with Crippen molar-refractivity contribution in [2.75, 3.05) is 20.3 Å². The first kappa shape index (κ1) is 17.4. The minimum Gasteiger partial charge on any atom is -0.384 e. The normalized spacial score (nSPS) is 26.3. The Kier molecular flexibility index (Phi) is 4.71.